The molecule has 11 nitrogen and oxygen atoms in total. The van der Waals surface area contributed by atoms with Crippen molar-refractivity contribution in [2.75, 3.05) is 31.8 Å². The van der Waals surface area contributed by atoms with Gasteiger partial charge in [0.05, 0.1) is 6.61 Å². The number of aryl methyl sites for hydroxylation is 2. The zero-order chi connectivity index (χ0) is 31.8. The zero-order valence-corrected chi connectivity index (χ0v) is 26.2. The number of anilines is 1. The molecule has 2 heterocycles. The molecule has 0 spiro atoms. The Kier molecular flexibility index (Phi) is 11.0. The van der Waals surface area contributed by atoms with Crippen molar-refractivity contribution >= 4 is 17.7 Å². The van der Waals surface area contributed by atoms with E-state index in [1.807, 2.05) is 39.0 Å². The molecule has 4 N–H and O–H groups in total. The number of ether oxygens (including phenoxy) is 2. The predicted octanol–water partition coefficient (Wildman–Crippen LogP) is 4.72. The van der Waals surface area contributed by atoms with Crippen LogP contribution in [0, 0.1) is 20.8 Å². The zero-order valence-electron chi connectivity index (χ0n) is 26.2. The van der Waals surface area contributed by atoms with Gasteiger partial charge in [-0.25, -0.2) is 9.78 Å². The maximum absolute atomic E-state index is 13.7. The van der Waals surface area contributed by atoms with E-state index in [0.29, 0.717) is 30.2 Å². The third-order valence-corrected chi connectivity index (χ3v) is 8.27. The number of hydrogen-bond acceptors (Lipinski definition) is 7. The fourth-order valence-corrected chi connectivity index (χ4v) is 5.96. The van der Waals surface area contributed by atoms with Gasteiger partial charge in [-0.05, 0) is 94.3 Å². The van der Waals surface area contributed by atoms with E-state index in [1.165, 1.54) is 0 Å². The molecule has 0 saturated heterocycles. The topological polar surface area (TPSA) is 146 Å². The molecule has 0 aliphatic heterocycles. The number of rotatable bonds is 12. The number of carbonyl (C=O) groups is 2. The molecule has 4 rings (SSSR count). The average Bonchev–Trinajstić information content (AvgIpc) is 2.98. The molecule has 236 valence electrons. The lowest BCUT2D eigenvalue weighted by Crippen LogP contribution is -2.44. The van der Waals surface area contributed by atoms with Gasteiger partial charge in [-0.3, -0.25) is 9.59 Å². The van der Waals surface area contributed by atoms with Gasteiger partial charge in [0.1, 0.15) is 6.61 Å². The lowest BCUT2D eigenvalue weighted by atomic mass is 9.89. The van der Waals surface area contributed by atoms with Gasteiger partial charge < -0.3 is 35.1 Å². The van der Waals surface area contributed by atoms with Gasteiger partial charge in [0.15, 0.2) is 0 Å². The molecule has 0 unspecified atom stereocenters. The molecule has 11 heteroatoms. The number of methoxy groups -OCH3 is 1. The summed E-state index contributed by atoms with van der Waals surface area (Å²) in [5, 5.41) is 14.7. The van der Waals surface area contributed by atoms with E-state index < -0.39 is 6.09 Å². The third-order valence-electron chi connectivity index (χ3n) is 8.27. The van der Waals surface area contributed by atoms with Crippen LogP contribution < -0.4 is 25.8 Å². The van der Waals surface area contributed by atoms with Crippen LogP contribution in [0.2, 0.25) is 0 Å². The molecular weight excluding hydrogens is 562 g/mol. The van der Waals surface area contributed by atoms with E-state index in [2.05, 4.69) is 38.5 Å². The number of aromatic nitrogens is 2. The van der Waals surface area contributed by atoms with Gasteiger partial charge in [-0.15, -0.1) is 0 Å². The Bertz CT molecular complexity index is 1510. The predicted molar refractivity (Wildman–Crippen MR) is 170 cm³/mol. The number of hydrogen-bond donors (Lipinski definition) is 4. The van der Waals surface area contributed by atoms with E-state index in [0.717, 1.165) is 65.9 Å². The number of nitrogens with one attached hydrogen (secondary N) is 3. The van der Waals surface area contributed by atoms with E-state index in [-0.39, 0.29) is 30.1 Å². The first-order chi connectivity index (χ1) is 21.1. The standard InChI is InChI=1S/C33H43N5O6/c1-6-38(26-10-8-25(9-11-26)37-33(41)42)29-17-24(23-7-12-30(34-18-23)44-14-13-43-5)16-27(22(29)4)31(39)35-19-28-20(2)15-21(3)36-32(28)40/h7,12,15-18,25-26,37H,6,8-11,13-14,19H2,1-5H3,(H,35,39)(H,36,40)(H,41,42)/t25-,26-. The second-order valence-electron chi connectivity index (χ2n) is 11.3. The van der Waals surface area contributed by atoms with E-state index in [4.69, 9.17) is 14.6 Å². The molecule has 0 atom stereocenters. The van der Waals surface area contributed by atoms with Crippen molar-refractivity contribution in [1.82, 2.24) is 20.6 Å². The fraction of sp³-hybridized carbons (Fsp3) is 0.455. The largest absolute Gasteiger partial charge is 0.475 e. The molecule has 1 saturated carbocycles. The molecule has 1 aliphatic rings. The van der Waals surface area contributed by atoms with Gasteiger partial charge in [-0.1, -0.05) is 0 Å². The highest BCUT2D eigenvalue weighted by Gasteiger charge is 2.28. The van der Waals surface area contributed by atoms with Crippen molar-refractivity contribution in [3.8, 4) is 17.0 Å². The smallest absolute Gasteiger partial charge is 0.404 e. The summed E-state index contributed by atoms with van der Waals surface area (Å²) >= 11 is 0. The molecule has 0 bridgehead atoms. The van der Waals surface area contributed by atoms with Gasteiger partial charge in [0, 0.05) is 72.6 Å². The summed E-state index contributed by atoms with van der Waals surface area (Å²) in [6, 6.07) is 9.70. The highest BCUT2D eigenvalue weighted by atomic mass is 16.5. The van der Waals surface area contributed by atoms with Crippen molar-refractivity contribution < 1.29 is 24.2 Å². The minimum atomic E-state index is -0.994. The molecule has 1 aliphatic carbocycles. The number of carboxylic acid groups (broad SMARTS) is 1. The Morgan fingerprint density at radius 3 is 2.43 bits per heavy atom. The highest BCUT2D eigenvalue weighted by molar-refractivity contribution is 5.99. The normalized spacial score (nSPS) is 16.3. The van der Waals surface area contributed by atoms with Gasteiger partial charge in [0.2, 0.25) is 5.88 Å². The molecule has 44 heavy (non-hydrogen) atoms. The number of amides is 2. The van der Waals surface area contributed by atoms with Gasteiger partial charge >= 0.3 is 6.09 Å². The Hall–Kier alpha value is -4.38. The molecule has 1 aromatic carbocycles. The minimum absolute atomic E-state index is 0.0553. The monoisotopic (exact) mass is 605 g/mol. The van der Waals surface area contributed by atoms with E-state index in [1.54, 1.807) is 19.4 Å². The highest BCUT2D eigenvalue weighted by Crippen LogP contribution is 2.35. The maximum atomic E-state index is 13.7. The number of carbonyl (C=O) groups excluding carboxylic acids is 1. The Morgan fingerprint density at radius 2 is 1.82 bits per heavy atom. The van der Waals surface area contributed by atoms with Crippen LogP contribution in [0.1, 0.15) is 65.3 Å². The lowest BCUT2D eigenvalue weighted by molar-refractivity contribution is 0.0950. The molecule has 0 radical (unpaired) electrons. The molecule has 3 aromatic rings. The van der Waals surface area contributed by atoms with Crippen LogP contribution in [0.15, 0.2) is 41.3 Å². The molecule has 2 amide bonds. The van der Waals surface area contributed by atoms with Crippen LogP contribution in [-0.2, 0) is 11.3 Å². The number of pyridine rings is 2. The summed E-state index contributed by atoms with van der Waals surface area (Å²) in [4.78, 5) is 47.1. The molecule has 2 aromatic heterocycles. The van der Waals surface area contributed by atoms with Crippen molar-refractivity contribution in [1.29, 1.82) is 0 Å². The summed E-state index contributed by atoms with van der Waals surface area (Å²) in [5.74, 6) is 0.208. The van der Waals surface area contributed by atoms with Crippen LogP contribution >= 0.6 is 0 Å². The van der Waals surface area contributed by atoms with Crippen LogP contribution in [0.3, 0.4) is 0 Å². The quantitative estimate of drug-likeness (QED) is 0.217. The number of nitrogens with zero attached hydrogens (tertiary/aromatic N) is 2. The average molecular weight is 606 g/mol. The fourth-order valence-electron chi connectivity index (χ4n) is 5.96. The van der Waals surface area contributed by atoms with Crippen molar-refractivity contribution in [3.63, 3.8) is 0 Å². The second kappa shape index (κ2) is 14.9. The van der Waals surface area contributed by atoms with Crippen LogP contribution in [0.5, 0.6) is 5.88 Å². The van der Waals surface area contributed by atoms with Crippen molar-refractivity contribution in [2.24, 2.45) is 0 Å². The third kappa shape index (κ3) is 7.96. The number of H-pyrrole nitrogens is 1. The SMILES string of the molecule is CCN(c1cc(-c2ccc(OCCOC)nc2)cc(C(=O)NCc2c(C)cc(C)[nH]c2=O)c1C)[C@H]1CC[C@H](NC(=O)O)CC1. The second-order valence-corrected chi connectivity index (χ2v) is 11.3. The van der Waals surface area contributed by atoms with Gasteiger partial charge in [0.25, 0.3) is 11.5 Å². The Morgan fingerprint density at radius 1 is 1.07 bits per heavy atom. The van der Waals surface area contributed by atoms with Crippen molar-refractivity contribution in [3.05, 3.63) is 74.8 Å². The Balaban J connectivity index is 1.67. The van der Waals surface area contributed by atoms with E-state index in [9.17, 15) is 14.4 Å². The van der Waals surface area contributed by atoms with E-state index >= 15 is 0 Å². The first-order valence-electron chi connectivity index (χ1n) is 15.1. The lowest BCUT2D eigenvalue weighted by Gasteiger charge is -2.39. The molecule has 1 fully saturated rings. The molecular formula is C33H43N5O6. The summed E-state index contributed by atoms with van der Waals surface area (Å²) in [6.45, 7) is 9.40. The summed E-state index contributed by atoms with van der Waals surface area (Å²) in [6.07, 6.45) is 3.89. The van der Waals surface area contributed by atoms with Crippen LogP contribution in [0.25, 0.3) is 11.1 Å². The van der Waals surface area contributed by atoms with Gasteiger partial charge in [-0.2, -0.15) is 0 Å². The number of benzene rings is 1. The first-order valence-corrected chi connectivity index (χ1v) is 15.1. The van der Waals surface area contributed by atoms with Crippen molar-refractivity contribution in [2.45, 2.75) is 72.0 Å². The summed E-state index contributed by atoms with van der Waals surface area (Å²) in [5.41, 5.74) is 5.85. The number of aromatic amines is 1. The van der Waals surface area contributed by atoms with Crippen LogP contribution in [0.4, 0.5) is 10.5 Å². The summed E-state index contributed by atoms with van der Waals surface area (Å²) in [7, 11) is 1.61. The Labute approximate surface area is 258 Å². The first kappa shape index (κ1) is 32.5. The minimum Gasteiger partial charge on any atom is -0.475 e. The maximum Gasteiger partial charge on any atom is 0.404 e. The van der Waals surface area contributed by atoms with Crippen LogP contribution in [-0.4, -0.2) is 66.0 Å². The summed E-state index contributed by atoms with van der Waals surface area (Å²) < 4.78 is 10.7.